The van der Waals surface area contributed by atoms with E-state index in [0.29, 0.717) is 11.5 Å². The molecule has 0 aromatic rings. The fraction of sp³-hybridized carbons (Fsp3) is 0.944. The van der Waals surface area contributed by atoms with Gasteiger partial charge in [0.25, 0.3) is 0 Å². The number of guanidine groups is 1. The highest BCUT2D eigenvalue weighted by Crippen LogP contribution is 2.36. The van der Waals surface area contributed by atoms with Gasteiger partial charge >= 0.3 is 0 Å². The third-order valence-corrected chi connectivity index (χ3v) is 6.40. The van der Waals surface area contributed by atoms with Gasteiger partial charge in [-0.3, -0.25) is 4.99 Å². The van der Waals surface area contributed by atoms with E-state index in [9.17, 15) is 0 Å². The van der Waals surface area contributed by atoms with Crippen LogP contribution in [0.4, 0.5) is 0 Å². The molecule has 1 saturated carbocycles. The van der Waals surface area contributed by atoms with Crippen LogP contribution in [0.5, 0.6) is 0 Å². The second-order valence-corrected chi connectivity index (χ2v) is 8.16. The van der Waals surface area contributed by atoms with Gasteiger partial charge in [0.1, 0.15) is 0 Å². The van der Waals surface area contributed by atoms with Gasteiger partial charge in [0, 0.05) is 31.7 Å². The van der Waals surface area contributed by atoms with Crippen LogP contribution in [-0.2, 0) is 0 Å². The van der Waals surface area contributed by atoms with Crippen molar-refractivity contribution in [1.82, 2.24) is 15.5 Å². The molecule has 2 bridgehead atoms. The molecule has 2 unspecified atom stereocenters. The molecule has 0 amide bonds. The fourth-order valence-corrected chi connectivity index (χ4v) is 4.82. The first-order chi connectivity index (χ1) is 10.6. The molecular weight excluding hydrogens is 399 g/mol. The van der Waals surface area contributed by atoms with Crippen molar-refractivity contribution in [2.45, 2.75) is 82.8 Å². The average Bonchev–Trinajstić information content (AvgIpc) is 2.91. The number of piperidine rings is 2. The normalized spacial score (nSPS) is 33.9. The van der Waals surface area contributed by atoms with Crippen LogP contribution in [0.2, 0.25) is 0 Å². The Morgan fingerprint density at radius 2 is 1.74 bits per heavy atom. The van der Waals surface area contributed by atoms with E-state index >= 15 is 0 Å². The number of rotatable bonds is 3. The van der Waals surface area contributed by atoms with Crippen LogP contribution in [0, 0.1) is 5.41 Å². The summed E-state index contributed by atoms with van der Waals surface area (Å²) in [5, 5.41) is 7.31. The summed E-state index contributed by atoms with van der Waals surface area (Å²) < 4.78 is 0. The van der Waals surface area contributed by atoms with E-state index in [2.05, 4.69) is 34.5 Å². The van der Waals surface area contributed by atoms with Crippen LogP contribution in [0.25, 0.3) is 0 Å². The van der Waals surface area contributed by atoms with Crippen molar-refractivity contribution in [1.29, 1.82) is 0 Å². The third-order valence-electron chi connectivity index (χ3n) is 6.40. The van der Waals surface area contributed by atoms with Gasteiger partial charge in [-0.05, 0) is 51.0 Å². The van der Waals surface area contributed by atoms with Gasteiger partial charge in [0.2, 0.25) is 0 Å². The third kappa shape index (κ3) is 4.74. The largest absolute Gasteiger partial charge is 0.356 e. The number of aliphatic imine (C=N–C) groups is 1. The highest BCUT2D eigenvalue weighted by Gasteiger charge is 2.36. The number of nitrogens with zero attached hydrogens (tertiary/aromatic N) is 2. The maximum absolute atomic E-state index is 4.47. The van der Waals surface area contributed by atoms with E-state index in [0.717, 1.165) is 24.6 Å². The summed E-state index contributed by atoms with van der Waals surface area (Å²) in [4.78, 5) is 7.09. The van der Waals surface area contributed by atoms with Crippen LogP contribution in [0.3, 0.4) is 0 Å². The smallest absolute Gasteiger partial charge is 0.191 e. The zero-order chi connectivity index (χ0) is 15.6. The molecule has 3 fully saturated rings. The van der Waals surface area contributed by atoms with Crippen LogP contribution in [0.15, 0.2) is 4.99 Å². The van der Waals surface area contributed by atoms with Crippen molar-refractivity contribution in [2.24, 2.45) is 10.4 Å². The highest BCUT2D eigenvalue weighted by atomic mass is 127. The molecule has 134 valence electrons. The Hall–Kier alpha value is -0.0400. The number of fused-ring (bicyclic) bond motifs is 2. The molecule has 4 nitrogen and oxygen atoms in total. The standard InChI is InChI=1S/C18H34N4.HI/c1-18(9-4-5-10-18)13-20-17(19-2)21-14-11-15-7-6-8-16(12-14)22(15)3;/h14-16H,4-13H2,1-3H3,(H2,19,20,21);1H. The molecule has 23 heavy (non-hydrogen) atoms. The Bertz CT molecular complexity index is 392. The van der Waals surface area contributed by atoms with Crippen molar-refractivity contribution in [2.75, 3.05) is 20.6 Å². The van der Waals surface area contributed by atoms with Crippen LogP contribution in [-0.4, -0.2) is 49.6 Å². The Morgan fingerprint density at radius 3 is 2.30 bits per heavy atom. The van der Waals surface area contributed by atoms with Gasteiger partial charge in [0.05, 0.1) is 0 Å². The van der Waals surface area contributed by atoms with Crippen LogP contribution in [0.1, 0.15) is 64.7 Å². The first kappa shape index (κ1) is 19.3. The molecule has 2 aliphatic heterocycles. The van der Waals surface area contributed by atoms with Crippen molar-refractivity contribution in [3.63, 3.8) is 0 Å². The van der Waals surface area contributed by atoms with Crippen LogP contribution >= 0.6 is 24.0 Å². The minimum atomic E-state index is 0. The lowest BCUT2D eigenvalue weighted by Crippen LogP contribution is -2.57. The van der Waals surface area contributed by atoms with E-state index in [1.165, 1.54) is 57.8 Å². The molecule has 0 spiro atoms. The summed E-state index contributed by atoms with van der Waals surface area (Å²) >= 11 is 0. The summed E-state index contributed by atoms with van der Waals surface area (Å²) in [6, 6.07) is 2.14. The monoisotopic (exact) mass is 434 g/mol. The molecule has 3 aliphatic rings. The second-order valence-electron chi connectivity index (χ2n) is 8.16. The molecule has 2 N–H and O–H groups in total. The highest BCUT2D eigenvalue weighted by molar-refractivity contribution is 14.0. The number of halogens is 1. The van der Waals surface area contributed by atoms with Gasteiger partial charge in [-0.2, -0.15) is 0 Å². The SMILES string of the molecule is CN=C(NCC1(C)CCCC1)NC1CC2CCCC(C1)N2C.I. The summed E-state index contributed by atoms with van der Waals surface area (Å²) in [5.74, 6) is 1.01. The Morgan fingerprint density at radius 1 is 1.13 bits per heavy atom. The Labute approximate surface area is 159 Å². The van der Waals surface area contributed by atoms with Crippen molar-refractivity contribution in [3.8, 4) is 0 Å². The topological polar surface area (TPSA) is 39.7 Å². The molecule has 5 heteroatoms. The molecular formula is C18H35IN4. The number of hydrogen-bond acceptors (Lipinski definition) is 2. The fourth-order valence-electron chi connectivity index (χ4n) is 4.82. The zero-order valence-corrected chi connectivity index (χ0v) is 17.4. The first-order valence-electron chi connectivity index (χ1n) is 9.29. The van der Waals surface area contributed by atoms with Gasteiger partial charge in [-0.15, -0.1) is 24.0 Å². The molecule has 3 rings (SSSR count). The van der Waals surface area contributed by atoms with Crippen molar-refractivity contribution >= 4 is 29.9 Å². The van der Waals surface area contributed by atoms with Gasteiger partial charge in [0.15, 0.2) is 5.96 Å². The van der Waals surface area contributed by atoms with E-state index in [1.807, 2.05) is 7.05 Å². The van der Waals surface area contributed by atoms with Crippen molar-refractivity contribution in [3.05, 3.63) is 0 Å². The van der Waals surface area contributed by atoms with Gasteiger partial charge < -0.3 is 15.5 Å². The second kappa shape index (κ2) is 8.37. The molecule has 0 radical (unpaired) electrons. The molecule has 2 heterocycles. The predicted octanol–water partition coefficient (Wildman–Crippen LogP) is 3.37. The lowest BCUT2D eigenvalue weighted by molar-refractivity contribution is 0.0526. The van der Waals surface area contributed by atoms with Gasteiger partial charge in [-0.1, -0.05) is 26.2 Å². The molecule has 0 aromatic carbocycles. The summed E-state index contributed by atoms with van der Waals surface area (Å²) in [5.41, 5.74) is 0.473. The van der Waals surface area contributed by atoms with Crippen LogP contribution < -0.4 is 10.6 Å². The number of nitrogens with one attached hydrogen (secondary N) is 2. The summed E-state index contributed by atoms with van der Waals surface area (Å²) in [6.07, 6.45) is 12.2. The molecule has 2 saturated heterocycles. The Balaban J connectivity index is 0.00000192. The minimum absolute atomic E-state index is 0. The van der Waals surface area contributed by atoms with E-state index in [-0.39, 0.29) is 24.0 Å². The summed E-state index contributed by atoms with van der Waals surface area (Å²) in [7, 11) is 4.22. The number of hydrogen-bond donors (Lipinski definition) is 2. The predicted molar refractivity (Wildman–Crippen MR) is 109 cm³/mol. The lowest BCUT2D eigenvalue weighted by atomic mass is 9.82. The van der Waals surface area contributed by atoms with E-state index in [4.69, 9.17) is 0 Å². The molecule has 1 aliphatic carbocycles. The van der Waals surface area contributed by atoms with Crippen molar-refractivity contribution < 1.29 is 0 Å². The quantitative estimate of drug-likeness (QED) is 0.407. The molecule has 0 aromatic heterocycles. The van der Waals surface area contributed by atoms with Gasteiger partial charge in [-0.25, -0.2) is 0 Å². The lowest BCUT2D eigenvalue weighted by Gasteiger charge is -2.47. The Kier molecular flexibility index (Phi) is 7.01. The van der Waals surface area contributed by atoms with E-state index in [1.54, 1.807) is 0 Å². The minimum Gasteiger partial charge on any atom is -0.356 e. The van der Waals surface area contributed by atoms with E-state index < -0.39 is 0 Å². The summed E-state index contributed by atoms with van der Waals surface area (Å²) in [6.45, 7) is 3.48. The first-order valence-corrected chi connectivity index (χ1v) is 9.29. The maximum atomic E-state index is 4.47. The average molecular weight is 434 g/mol. The maximum Gasteiger partial charge on any atom is 0.191 e. The molecule has 2 atom stereocenters. The zero-order valence-electron chi connectivity index (χ0n) is 15.1.